The molecule has 0 saturated heterocycles. The van der Waals surface area contributed by atoms with Crippen molar-refractivity contribution in [2.45, 2.75) is 25.8 Å². The molecule has 0 fully saturated rings. The summed E-state index contributed by atoms with van der Waals surface area (Å²) in [4.78, 5) is 0. The van der Waals surface area contributed by atoms with E-state index in [2.05, 4.69) is 54.1 Å². The van der Waals surface area contributed by atoms with E-state index in [1.54, 1.807) is 0 Å². The molecule has 0 aromatic heterocycles. The maximum atomic E-state index is 6.08. The topological polar surface area (TPSA) is 26.0 Å². The van der Waals surface area contributed by atoms with Gasteiger partial charge in [0, 0.05) is 10.0 Å². The summed E-state index contributed by atoms with van der Waals surface area (Å²) in [7, 11) is 0. The smallest absolute Gasteiger partial charge is 0.0318 e. The molecule has 74 valence electrons. The van der Waals surface area contributed by atoms with E-state index >= 15 is 0 Å². The molecule has 0 unspecified atom stereocenters. The minimum absolute atomic E-state index is 0.203. The fourth-order valence-electron chi connectivity index (χ4n) is 1.73. The molecule has 1 aromatic carbocycles. The van der Waals surface area contributed by atoms with Crippen LogP contribution in [0.15, 0.2) is 28.2 Å². The predicted molar refractivity (Wildman–Crippen MR) is 64.1 cm³/mol. The quantitative estimate of drug-likeness (QED) is 0.816. The van der Waals surface area contributed by atoms with E-state index in [4.69, 9.17) is 5.73 Å². The van der Waals surface area contributed by atoms with Crippen molar-refractivity contribution in [2.75, 3.05) is 0 Å². The van der Waals surface area contributed by atoms with Crippen LogP contribution in [0.2, 0.25) is 0 Å². The van der Waals surface area contributed by atoms with Gasteiger partial charge in [0.2, 0.25) is 0 Å². The van der Waals surface area contributed by atoms with Crippen molar-refractivity contribution in [2.24, 2.45) is 5.73 Å². The fraction of sp³-hybridized carbons (Fsp3) is 0.333. The van der Waals surface area contributed by atoms with Crippen molar-refractivity contribution in [3.63, 3.8) is 0 Å². The lowest BCUT2D eigenvalue weighted by molar-refractivity contribution is 0.604. The Bertz CT molecular complexity index is 399. The maximum Gasteiger partial charge on any atom is 0.0318 e. The lowest BCUT2D eigenvalue weighted by Crippen LogP contribution is -2.34. The van der Waals surface area contributed by atoms with Crippen LogP contribution in [0.25, 0.3) is 6.08 Å². The molecule has 1 aliphatic rings. The molecule has 0 spiro atoms. The van der Waals surface area contributed by atoms with Gasteiger partial charge in [-0.05, 0) is 49.1 Å². The Kier molecular flexibility index (Phi) is 2.28. The molecule has 0 radical (unpaired) electrons. The van der Waals surface area contributed by atoms with Crippen LogP contribution in [-0.4, -0.2) is 5.54 Å². The standard InChI is InChI=1S/C12H14BrN/c1-12(2,14)10-5-8-3-4-11(13)7-9(8)6-10/h3-5,7H,6,14H2,1-2H3. The molecule has 2 N–H and O–H groups in total. The zero-order chi connectivity index (χ0) is 10.3. The van der Waals surface area contributed by atoms with Gasteiger partial charge in [0.1, 0.15) is 0 Å². The van der Waals surface area contributed by atoms with Gasteiger partial charge in [0.15, 0.2) is 0 Å². The monoisotopic (exact) mass is 251 g/mol. The Morgan fingerprint density at radius 1 is 1.36 bits per heavy atom. The van der Waals surface area contributed by atoms with Crippen LogP contribution in [0.3, 0.4) is 0 Å². The second-order valence-electron chi connectivity index (χ2n) is 4.41. The van der Waals surface area contributed by atoms with Crippen LogP contribution in [0.4, 0.5) is 0 Å². The summed E-state index contributed by atoms with van der Waals surface area (Å²) in [6.07, 6.45) is 3.19. The normalized spacial score (nSPS) is 15.3. The number of nitrogens with two attached hydrogens (primary N) is 1. The number of hydrogen-bond acceptors (Lipinski definition) is 1. The van der Waals surface area contributed by atoms with Crippen LogP contribution in [-0.2, 0) is 6.42 Å². The highest BCUT2D eigenvalue weighted by molar-refractivity contribution is 9.10. The number of benzene rings is 1. The Morgan fingerprint density at radius 2 is 2.07 bits per heavy atom. The summed E-state index contributed by atoms with van der Waals surface area (Å²) in [6, 6.07) is 6.38. The Labute approximate surface area is 93.1 Å². The van der Waals surface area contributed by atoms with Gasteiger partial charge in [-0.25, -0.2) is 0 Å². The SMILES string of the molecule is CC(C)(N)C1=Cc2ccc(Br)cc2C1. The van der Waals surface area contributed by atoms with Crippen LogP contribution >= 0.6 is 15.9 Å². The largest absolute Gasteiger partial charge is 0.322 e. The molecule has 0 heterocycles. The molecule has 1 aromatic rings. The average molecular weight is 252 g/mol. The summed E-state index contributed by atoms with van der Waals surface area (Å²) < 4.78 is 1.14. The molecule has 0 saturated carbocycles. The number of rotatable bonds is 1. The molecule has 0 bridgehead atoms. The summed E-state index contributed by atoms with van der Waals surface area (Å²) in [5, 5.41) is 0. The van der Waals surface area contributed by atoms with Crippen LogP contribution in [0.5, 0.6) is 0 Å². The van der Waals surface area contributed by atoms with Crippen molar-refractivity contribution in [1.82, 2.24) is 0 Å². The van der Waals surface area contributed by atoms with E-state index in [0.29, 0.717) is 0 Å². The van der Waals surface area contributed by atoms with Gasteiger partial charge < -0.3 is 5.73 Å². The van der Waals surface area contributed by atoms with E-state index in [1.807, 2.05) is 0 Å². The van der Waals surface area contributed by atoms with Gasteiger partial charge in [0.25, 0.3) is 0 Å². The number of fused-ring (bicyclic) bond motifs is 1. The third-order valence-electron chi connectivity index (χ3n) is 2.64. The molecule has 0 amide bonds. The predicted octanol–water partition coefficient (Wildman–Crippen LogP) is 3.13. The number of halogens is 1. The molecule has 0 aliphatic heterocycles. The maximum absolute atomic E-state index is 6.08. The highest BCUT2D eigenvalue weighted by Crippen LogP contribution is 2.31. The van der Waals surface area contributed by atoms with Crippen LogP contribution < -0.4 is 5.73 Å². The van der Waals surface area contributed by atoms with Crippen molar-refractivity contribution < 1.29 is 0 Å². The molecular formula is C12H14BrN. The van der Waals surface area contributed by atoms with Gasteiger partial charge >= 0.3 is 0 Å². The minimum Gasteiger partial charge on any atom is -0.322 e. The minimum atomic E-state index is -0.203. The van der Waals surface area contributed by atoms with Crippen molar-refractivity contribution in [3.8, 4) is 0 Å². The number of hydrogen-bond donors (Lipinski definition) is 1. The lowest BCUT2D eigenvalue weighted by Gasteiger charge is -2.20. The van der Waals surface area contributed by atoms with E-state index in [9.17, 15) is 0 Å². The summed E-state index contributed by atoms with van der Waals surface area (Å²) in [5.74, 6) is 0. The van der Waals surface area contributed by atoms with Gasteiger partial charge in [-0.2, -0.15) is 0 Å². The van der Waals surface area contributed by atoms with Crippen LogP contribution in [0.1, 0.15) is 25.0 Å². The molecule has 0 atom stereocenters. The summed E-state index contributed by atoms with van der Waals surface area (Å²) in [5.41, 5.74) is 9.86. The van der Waals surface area contributed by atoms with Gasteiger partial charge in [-0.15, -0.1) is 0 Å². The fourth-order valence-corrected chi connectivity index (χ4v) is 2.13. The first kappa shape index (κ1) is 9.94. The Morgan fingerprint density at radius 3 is 2.71 bits per heavy atom. The molecule has 1 aliphatic carbocycles. The Hall–Kier alpha value is -0.600. The van der Waals surface area contributed by atoms with E-state index in [1.165, 1.54) is 16.7 Å². The highest BCUT2D eigenvalue weighted by Gasteiger charge is 2.23. The van der Waals surface area contributed by atoms with Gasteiger partial charge in [-0.1, -0.05) is 28.1 Å². The first-order valence-electron chi connectivity index (χ1n) is 4.75. The van der Waals surface area contributed by atoms with Crippen molar-refractivity contribution >= 4 is 22.0 Å². The molecular weight excluding hydrogens is 238 g/mol. The van der Waals surface area contributed by atoms with Gasteiger partial charge in [-0.3, -0.25) is 0 Å². The first-order valence-corrected chi connectivity index (χ1v) is 5.54. The summed E-state index contributed by atoms with van der Waals surface area (Å²) in [6.45, 7) is 4.11. The molecule has 14 heavy (non-hydrogen) atoms. The second-order valence-corrected chi connectivity index (χ2v) is 5.33. The zero-order valence-electron chi connectivity index (χ0n) is 8.47. The third kappa shape index (κ3) is 1.77. The first-order chi connectivity index (χ1) is 6.47. The van der Waals surface area contributed by atoms with Gasteiger partial charge in [0.05, 0.1) is 0 Å². The average Bonchev–Trinajstić information content (AvgIpc) is 2.45. The molecule has 2 rings (SSSR count). The van der Waals surface area contributed by atoms with Crippen molar-refractivity contribution in [1.29, 1.82) is 0 Å². The van der Waals surface area contributed by atoms with Crippen LogP contribution in [0, 0.1) is 0 Å². The van der Waals surface area contributed by atoms with E-state index in [-0.39, 0.29) is 5.54 Å². The van der Waals surface area contributed by atoms with Crippen molar-refractivity contribution in [3.05, 3.63) is 39.4 Å². The lowest BCUT2D eigenvalue weighted by atomic mass is 9.94. The second kappa shape index (κ2) is 3.21. The zero-order valence-corrected chi connectivity index (χ0v) is 10.1. The highest BCUT2D eigenvalue weighted by atomic mass is 79.9. The Balaban J connectivity index is 2.37. The van der Waals surface area contributed by atoms with E-state index in [0.717, 1.165) is 10.9 Å². The molecule has 1 nitrogen and oxygen atoms in total. The summed E-state index contributed by atoms with van der Waals surface area (Å²) >= 11 is 3.48. The third-order valence-corrected chi connectivity index (χ3v) is 3.14. The molecule has 2 heteroatoms. The van der Waals surface area contributed by atoms with E-state index < -0.39 is 0 Å².